The second-order valence-electron chi connectivity index (χ2n) is 4.86. The van der Waals surface area contributed by atoms with Crippen LogP contribution in [0.4, 0.5) is 0 Å². The van der Waals surface area contributed by atoms with Crippen molar-refractivity contribution in [2.45, 2.75) is 45.1 Å². The fourth-order valence-electron chi connectivity index (χ4n) is 2.76. The summed E-state index contributed by atoms with van der Waals surface area (Å²) in [6.45, 7) is 4.39. The van der Waals surface area contributed by atoms with Crippen molar-refractivity contribution in [2.75, 3.05) is 0 Å². The highest BCUT2D eigenvalue weighted by Gasteiger charge is 2.37. The van der Waals surface area contributed by atoms with Gasteiger partial charge in [-0.15, -0.1) is 0 Å². The fourth-order valence-corrected chi connectivity index (χ4v) is 2.76. The summed E-state index contributed by atoms with van der Waals surface area (Å²) in [5, 5.41) is 0. The van der Waals surface area contributed by atoms with Crippen LogP contribution in [0, 0.1) is 12.8 Å². The molecule has 1 aliphatic carbocycles. The SMILES string of the molecule is CCC1CCC(N)(c2cnccc2C)C1. The molecular formula is C13H20N2. The zero-order valence-corrected chi connectivity index (χ0v) is 9.66. The Morgan fingerprint density at radius 1 is 1.60 bits per heavy atom. The smallest absolute Gasteiger partial charge is 0.0430 e. The number of pyridine rings is 1. The van der Waals surface area contributed by atoms with Crippen LogP contribution < -0.4 is 5.73 Å². The maximum absolute atomic E-state index is 6.51. The van der Waals surface area contributed by atoms with E-state index in [4.69, 9.17) is 5.73 Å². The van der Waals surface area contributed by atoms with E-state index >= 15 is 0 Å². The minimum atomic E-state index is -0.112. The predicted molar refractivity (Wildman–Crippen MR) is 62.5 cm³/mol. The number of aryl methyl sites for hydroxylation is 1. The highest BCUT2D eigenvalue weighted by Crippen LogP contribution is 2.41. The largest absolute Gasteiger partial charge is 0.321 e. The maximum Gasteiger partial charge on any atom is 0.0430 e. The normalized spacial score (nSPS) is 30.7. The molecular weight excluding hydrogens is 184 g/mol. The minimum Gasteiger partial charge on any atom is -0.321 e. The van der Waals surface area contributed by atoms with Gasteiger partial charge in [0.15, 0.2) is 0 Å². The third kappa shape index (κ3) is 1.91. The van der Waals surface area contributed by atoms with E-state index in [1.165, 1.54) is 24.0 Å². The van der Waals surface area contributed by atoms with E-state index in [1.54, 1.807) is 0 Å². The van der Waals surface area contributed by atoms with Gasteiger partial charge in [-0.3, -0.25) is 4.98 Å². The number of rotatable bonds is 2. The summed E-state index contributed by atoms with van der Waals surface area (Å²) in [6.07, 6.45) is 8.54. The van der Waals surface area contributed by atoms with Gasteiger partial charge >= 0.3 is 0 Å². The molecule has 15 heavy (non-hydrogen) atoms. The molecule has 2 nitrogen and oxygen atoms in total. The Kier molecular flexibility index (Phi) is 2.79. The highest BCUT2D eigenvalue weighted by molar-refractivity contribution is 5.30. The summed E-state index contributed by atoms with van der Waals surface area (Å²) in [7, 11) is 0. The van der Waals surface area contributed by atoms with Gasteiger partial charge in [-0.1, -0.05) is 13.3 Å². The topological polar surface area (TPSA) is 38.9 Å². The molecule has 2 heteroatoms. The third-order valence-electron chi connectivity index (χ3n) is 3.80. The number of nitrogens with two attached hydrogens (primary N) is 1. The van der Waals surface area contributed by atoms with E-state index in [0.29, 0.717) is 0 Å². The molecule has 1 aliphatic rings. The number of aromatic nitrogens is 1. The first-order valence-corrected chi connectivity index (χ1v) is 5.85. The lowest BCUT2D eigenvalue weighted by Gasteiger charge is -2.26. The average Bonchev–Trinajstić information content (AvgIpc) is 2.62. The van der Waals surface area contributed by atoms with E-state index in [1.807, 2.05) is 12.4 Å². The molecule has 1 saturated carbocycles. The van der Waals surface area contributed by atoms with Crippen LogP contribution in [0.2, 0.25) is 0 Å². The van der Waals surface area contributed by atoms with Crippen molar-refractivity contribution in [1.82, 2.24) is 4.98 Å². The molecule has 2 unspecified atom stereocenters. The minimum absolute atomic E-state index is 0.112. The lowest BCUT2D eigenvalue weighted by Crippen LogP contribution is -2.34. The van der Waals surface area contributed by atoms with Crippen molar-refractivity contribution < 1.29 is 0 Å². The van der Waals surface area contributed by atoms with Crippen LogP contribution in [0.5, 0.6) is 0 Å². The lowest BCUT2D eigenvalue weighted by molar-refractivity contribution is 0.421. The molecule has 0 radical (unpaired) electrons. The molecule has 0 aromatic carbocycles. The van der Waals surface area contributed by atoms with E-state index in [9.17, 15) is 0 Å². The molecule has 2 N–H and O–H groups in total. The highest BCUT2D eigenvalue weighted by atomic mass is 14.8. The second kappa shape index (κ2) is 3.93. The van der Waals surface area contributed by atoms with Gasteiger partial charge in [-0.05, 0) is 49.3 Å². The van der Waals surface area contributed by atoms with Crippen LogP contribution in [0.1, 0.15) is 43.7 Å². The maximum atomic E-state index is 6.51. The summed E-state index contributed by atoms with van der Waals surface area (Å²) in [5.74, 6) is 0.801. The molecule has 0 aliphatic heterocycles. The molecule has 1 aromatic rings. The summed E-state index contributed by atoms with van der Waals surface area (Å²) in [5.41, 5.74) is 8.93. The van der Waals surface area contributed by atoms with Crippen molar-refractivity contribution in [3.8, 4) is 0 Å². The molecule has 1 aromatic heterocycles. The van der Waals surface area contributed by atoms with Crippen LogP contribution in [0.15, 0.2) is 18.5 Å². The van der Waals surface area contributed by atoms with Crippen LogP contribution in [-0.2, 0) is 5.54 Å². The Morgan fingerprint density at radius 3 is 3.00 bits per heavy atom. The van der Waals surface area contributed by atoms with Gasteiger partial charge in [0, 0.05) is 17.9 Å². The van der Waals surface area contributed by atoms with Crippen molar-refractivity contribution in [1.29, 1.82) is 0 Å². The Labute approximate surface area is 91.9 Å². The van der Waals surface area contributed by atoms with Crippen LogP contribution >= 0.6 is 0 Å². The Balaban J connectivity index is 2.27. The Hall–Kier alpha value is -0.890. The zero-order valence-electron chi connectivity index (χ0n) is 9.66. The number of nitrogens with zero attached hydrogens (tertiary/aromatic N) is 1. The molecule has 82 valence electrons. The van der Waals surface area contributed by atoms with Crippen molar-refractivity contribution in [2.24, 2.45) is 11.7 Å². The van der Waals surface area contributed by atoms with Crippen molar-refractivity contribution in [3.05, 3.63) is 29.6 Å². The summed E-state index contributed by atoms with van der Waals surface area (Å²) in [6, 6.07) is 2.06. The van der Waals surface area contributed by atoms with Crippen LogP contribution in [-0.4, -0.2) is 4.98 Å². The fraction of sp³-hybridized carbons (Fsp3) is 0.615. The van der Waals surface area contributed by atoms with Crippen molar-refractivity contribution in [3.63, 3.8) is 0 Å². The van der Waals surface area contributed by atoms with Crippen LogP contribution in [0.25, 0.3) is 0 Å². The molecule has 2 atom stereocenters. The second-order valence-corrected chi connectivity index (χ2v) is 4.86. The third-order valence-corrected chi connectivity index (χ3v) is 3.80. The monoisotopic (exact) mass is 204 g/mol. The van der Waals surface area contributed by atoms with E-state index < -0.39 is 0 Å². The molecule has 1 fully saturated rings. The van der Waals surface area contributed by atoms with Gasteiger partial charge in [-0.25, -0.2) is 0 Å². The van der Waals surface area contributed by atoms with Crippen LogP contribution in [0.3, 0.4) is 0 Å². The molecule has 0 spiro atoms. The molecule has 0 bridgehead atoms. The first-order valence-electron chi connectivity index (χ1n) is 5.85. The average molecular weight is 204 g/mol. The first-order chi connectivity index (χ1) is 7.15. The lowest BCUT2D eigenvalue weighted by atomic mass is 9.86. The van der Waals surface area contributed by atoms with Crippen molar-refractivity contribution >= 4 is 0 Å². The summed E-state index contributed by atoms with van der Waals surface area (Å²) in [4.78, 5) is 4.21. The van der Waals surface area contributed by atoms with Gasteiger partial charge < -0.3 is 5.73 Å². The molecule has 0 saturated heterocycles. The van der Waals surface area contributed by atoms with Gasteiger partial charge in [0.2, 0.25) is 0 Å². The van der Waals surface area contributed by atoms with E-state index in [-0.39, 0.29) is 5.54 Å². The predicted octanol–water partition coefficient (Wildman–Crippen LogP) is 2.75. The summed E-state index contributed by atoms with van der Waals surface area (Å²) >= 11 is 0. The Bertz CT molecular complexity index is 348. The molecule has 0 amide bonds. The molecule has 1 heterocycles. The first kappa shape index (κ1) is 10.6. The Morgan fingerprint density at radius 2 is 2.40 bits per heavy atom. The molecule has 2 rings (SSSR count). The zero-order chi connectivity index (χ0) is 10.9. The summed E-state index contributed by atoms with van der Waals surface area (Å²) < 4.78 is 0. The number of hydrogen-bond donors (Lipinski definition) is 1. The van der Waals surface area contributed by atoms with Gasteiger partial charge in [0.1, 0.15) is 0 Å². The van der Waals surface area contributed by atoms with Gasteiger partial charge in [0.05, 0.1) is 0 Å². The quantitative estimate of drug-likeness (QED) is 0.804. The standard InChI is InChI=1S/C13H20N2/c1-3-11-4-6-13(14,8-11)12-9-15-7-5-10(12)2/h5,7,9,11H,3-4,6,8,14H2,1-2H3. The number of hydrogen-bond acceptors (Lipinski definition) is 2. The van der Waals surface area contributed by atoms with Gasteiger partial charge in [0.25, 0.3) is 0 Å². The van der Waals surface area contributed by atoms with E-state index in [2.05, 4.69) is 24.9 Å². The van der Waals surface area contributed by atoms with E-state index in [0.717, 1.165) is 18.8 Å². The van der Waals surface area contributed by atoms with Gasteiger partial charge in [-0.2, -0.15) is 0 Å².